The van der Waals surface area contributed by atoms with Gasteiger partial charge in [-0.2, -0.15) is 0 Å². The quantitative estimate of drug-likeness (QED) is 0.840. The number of rotatable bonds is 6. The van der Waals surface area contributed by atoms with Gasteiger partial charge in [0, 0.05) is 17.1 Å². The largest absolute Gasteiger partial charge is 0.497 e. The van der Waals surface area contributed by atoms with Crippen molar-refractivity contribution in [2.24, 2.45) is 0 Å². The number of ether oxygens (including phenoxy) is 1. The Labute approximate surface area is 111 Å². The van der Waals surface area contributed by atoms with E-state index in [1.165, 1.54) is 0 Å². The molecule has 0 saturated carbocycles. The van der Waals surface area contributed by atoms with Crippen molar-refractivity contribution in [3.63, 3.8) is 0 Å². The molecule has 0 saturated heterocycles. The van der Waals surface area contributed by atoms with Gasteiger partial charge in [0.25, 0.3) is 0 Å². The first-order chi connectivity index (χ1) is 8.79. The lowest BCUT2D eigenvalue weighted by molar-refractivity contribution is 0.175. The van der Waals surface area contributed by atoms with E-state index in [0.29, 0.717) is 6.42 Å². The molecular formula is C14H17NO2S. The summed E-state index contributed by atoms with van der Waals surface area (Å²) in [5.41, 5.74) is 1.04. The molecule has 1 atom stereocenters. The Balaban J connectivity index is 1.77. The van der Waals surface area contributed by atoms with Crippen molar-refractivity contribution in [3.05, 3.63) is 46.7 Å². The summed E-state index contributed by atoms with van der Waals surface area (Å²) in [5, 5.41) is 15.2. The van der Waals surface area contributed by atoms with Gasteiger partial charge in [-0.3, -0.25) is 0 Å². The summed E-state index contributed by atoms with van der Waals surface area (Å²) in [6.45, 7) is 0.741. The summed E-state index contributed by atoms with van der Waals surface area (Å²) in [4.78, 5) is 1.02. The topological polar surface area (TPSA) is 41.5 Å². The number of methoxy groups -OCH3 is 1. The number of hydrogen-bond acceptors (Lipinski definition) is 4. The standard InChI is InChI=1S/C14H17NO2S/c1-17-12-6-4-11(5-7-12)15-9-8-13(16)14-3-2-10-18-14/h2-7,10,13,15-16H,8-9H2,1H3. The van der Waals surface area contributed by atoms with Crippen LogP contribution >= 0.6 is 11.3 Å². The van der Waals surface area contributed by atoms with Crippen LogP contribution in [-0.2, 0) is 0 Å². The Hall–Kier alpha value is -1.52. The maximum atomic E-state index is 9.92. The number of aliphatic hydroxyl groups is 1. The van der Waals surface area contributed by atoms with Gasteiger partial charge in [-0.05, 0) is 42.1 Å². The first-order valence-electron chi connectivity index (χ1n) is 5.89. The van der Waals surface area contributed by atoms with E-state index >= 15 is 0 Å². The predicted octanol–water partition coefficient (Wildman–Crippen LogP) is 3.29. The minimum Gasteiger partial charge on any atom is -0.497 e. The molecule has 4 heteroatoms. The van der Waals surface area contributed by atoms with Gasteiger partial charge in [-0.25, -0.2) is 0 Å². The number of thiophene rings is 1. The highest BCUT2D eigenvalue weighted by molar-refractivity contribution is 7.10. The van der Waals surface area contributed by atoms with Crippen molar-refractivity contribution in [1.29, 1.82) is 0 Å². The van der Waals surface area contributed by atoms with Gasteiger partial charge < -0.3 is 15.2 Å². The van der Waals surface area contributed by atoms with Gasteiger partial charge in [0.2, 0.25) is 0 Å². The molecule has 1 unspecified atom stereocenters. The van der Waals surface area contributed by atoms with Crippen LogP contribution in [0.3, 0.4) is 0 Å². The van der Waals surface area contributed by atoms with Crippen LogP contribution in [0.5, 0.6) is 5.75 Å². The van der Waals surface area contributed by atoms with E-state index in [1.54, 1.807) is 18.4 Å². The van der Waals surface area contributed by atoms with Gasteiger partial charge in [0.15, 0.2) is 0 Å². The van der Waals surface area contributed by atoms with Crippen molar-refractivity contribution < 1.29 is 9.84 Å². The highest BCUT2D eigenvalue weighted by atomic mass is 32.1. The molecule has 0 amide bonds. The molecule has 1 aromatic heterocycles. The van der Waals surface area contributed by atoms with Crippen molar-refractivity contribution >= 4 is 17.0 Å². The van der Waals surface area contributed by atoms with Gasteiger partial charge >= 0.3 is 0 Å². The number of benzene rings is 1. The minimum absolute atomic E-state index is 0.379. The second-order valence-electron chi connectivity index (χ2n) is 3.98. The summed E-state index contributed by atoms with van der Waals surface area (Å²) < 4.78 is 5.09. The van der Waals surface area contributed by atoms with Crippen molar-refractivity contribution in [1.82, 2.24) is 0 Å². The average molecular weight is 263 g/mol. The molecule has 0 spiro atoms. The van der Waals surface area contributed by atoms with Crippen LogP contribution in [0, 0.1) is 0 Å². The second kappa shape index (κ2) is 6.42. The first kappa shape index (κ1) is 12.9. The molecule has 0 radical (unpaired) electrons. The van der Waals surface area contributed by atoms with Crippen LogP contribution < -0.4 is 10.1 Å². The predicted molar refractivity (Wildman–Crippen MR) is 75.4 cm³/mol. The summed E-state index contributed by atoms with van der Waals surface area (Å²) in [7, 11) is 1.65. The van der Waals surface area contributed by atoms with Crippen LogP contribution in [0.2, 0.25) is 0 Å². The lowest BCUT2D eigenvalue weighted by Gasteiger charge is -2.10. The minimum atomic E-state index is -0.379. The highest BCUT2D eigenvalue weighted by Crippen LogP contribution is 2.22. The molecule has 18 heavy (non-hydrogen) atoms. The number of nitrogens with one attached hydrogen (secondary N) is 1. The maximum Gasteiger partial charge on any atom is 0.119 e. The van der Waals surface area contributed by atoms with E-state index in [9.17, 15) is 5.11 Å². The van der Waals surface area contributed by atoms with Crippen molar-refractivity contribution in [3.8, 4) is 5.75 Å². The Morgan fingerprint density at radius 2 is 2.06 bits per heavy atom. The second-order valence-corrected chi connectivity index (χ2v) is 4.95. The van der Waals surface area contributed by atoms with Gasteiger partial charge in [-0.1, -0.05) is 6.07 Å². The fourth-order valence-electron chi connectivity index (χ4n) is 1.69. The molecular weight excluding hydrogens is 246 g/mol. The zero-order chi connectivity index (χ0) is 12.8. The lowest BCUT2D eigenvalue weighted by Crippen LogP contribution is -2.06. The maximum absolute atomic E-state index is 9.92. The van der Waals surface area contributed by atoms with E-state index in [0.717, 1.165) is 22.9 Å². The molecule has 0 bridgehead atoms. The molecule has 1 aromatic carbocycles. The summed E-state index contributed by atoms with van der Waals surface area (Å²) in [5.74, 6) is 0.846. The fraction of sp³-hybridized carbons (Fsp3) is 0.286. The smallest absolute Gasteiger partial charge is 0.119 e. The lowest BCUT2D eigenvalue weighted by atomic mass is 10.2. The molecule has 2 N–H and O–H groups in total. The summed E-state index contributed by atoms with van der Waals surface area (Å²) >= 11 is 1.59. The Kier molecular flexibility index (Phi) is 4.61. The molecule has 2 aromatic rings. The highest BCUT2D eigenvalue weighted by Gasteiger charge is 2.07. The van der Waals surface area contributed by atoms with Crippen molar-refractivity contribution in [2.75, 3.05) is 19.0 Å². The van der Waals surface area contributed by atoms with Gasteiger partial charge in [-0.15, -0.1) is 11.3 Å². The zero-order valence-corrected chi connectivity index (χ0v) is 11.1. The molecule has 96 valence electrons. The van der Waals surface area contributed by atoms with Gasteiger partial charge in [0.05, 0.1) is 13.2 Å². The van der Waals surface area contributed by atoms with E-state index in [4.69, 9.17) is 4.74 Å². The molecule has 2 rings (SSSR count). The third-order valence-electron chi connectivity index (χ3n) is 2.71. The Morgan fingerprint density at radius 1 is 1.28 bits per heavy atom. The third kappa shape index (κ3) is 3.48. The third-order valence-corrected chi connectivity index (χ3v) is 3.68. The van der Waals surface area contributed by atoms with Crippen LogP contribution in [0.25, 0.3) is 0 Å². The molecule has 3 nitrogen and oxygen atoms in total. The van der Waals surface area contributed by atoms with E-state index in [2.05, 4.69) is 5.32 Å². The summed E-state index contributed by atoms with van der Waals surface area (Å²) in [6.07, 6.45) is 0.322. The Bertz CT molecular complexity index is 453. The van der Waals surface area contributed by atoms with E-state index in [1.807, 2.05) is 41.8 Å². The van der Waals surface area contributed by atoms with Crippen LogP contribution in [0.15, 0.2) is 41.8 Å². The van der Waals surface area contributed by atoms with Crippen LogP contribution in [0.4, 0.5) is 5.69 Å². The monoisotopic (exact) mass is 263 g/mol. The number of hydrogen-bond donors (Lipinski definition) is 2. The fourth-order valence-corrected chi connectivity index (χ4v) is 2.43. The van der Waals surface area contributed by atoms with E-state index in [-0.39, 0.29) is 6.10 Å². The van der Waals surface area contributed by atoms with Crippen molar-refractivity contribution in [2.45, 2.75) is 12.5 Å². The SMILES string of the molecule is COc1ccc(NCCC(O)c2cccs2)cc1. The molecule has 0 fully saturated rings. The molecule has 0 aliphatic heterocycles. The molecule has 0 aliphatic carbocycles. The van der Waals surface area contributed by atoms with Crippen LogP contribution in [-0.4, -0.2) is 18.8 Å². The van der Waals surface area contributed by atoms with Crippen LogP contribution in [0.1, 0.15) is 17.4 Å². The average Bonchev–Trinajstić information content (AvgIpc) is 2.93. The zero-order valence-electron chi connectivity index (χ0n) is 10.3. The number of aliphatic hydroxyl groups excluding tert-OH is 1. The van der Waals surface area contributed by atoms with E-state index < -0.39 is 0 Å². The number of anilines is 1. The van der Waals surface area contributed by atoms with Gasteiger partial charge in [0.1, 0.15) is 5.75 Å². The summed E-state index contributed by atoms with van der Waals surface area (Å²) in [6, 6.07) is 11.7. The molecule has 0 aliphatic rings. The Morgan fingerprint density at radius 3 is 2.67 bits per heavy atom. The first-order valence-corrected chi connectivity index (χ1v) is 6.77. The molecule has 1 heterocycles. The normalized spacial score (nSPS) is 12.1.